The molecule has 1 aliphatic heterocycles. The quantitative estimate of drug-likeness (QED) is 0.791. The van der Waals surface area contributed by atoms with Crippen molar-refractivity contribution in [2.75, 3.05) is 26.7 Å². The minimum Gasteiger partial charge on any atom is -0.345 e. The van der Waals surface area contributed by atoms with Crippen LogP contribution in [0, 0.1) is 0 Å². The summed E-state index contributed by atoms with van der Waals surface area (Å²) in [6.07, 6.45) is 0.984. The highest BCUT2D eigenvalue weighted by atomic mass is 35.5. The first kappa shape index (κ1) is 11.8. The number of halogens is 1. The summed E-state index contributed by atoms with van der Waals surface area (Å²) in [5, 5.41) is 3.95. The van der Waals surface area contributed by atoms with Gasteiger partial charge >= 0.3 is 0 Å². The van der Waals surface area contributed by atoms with E-state index in [0.29, 0.717) is 17.4 Å². The van der Waals surface area contributed by atoms with Crippen LogP contribution in [0.3, 0.4) is 0 Å². The molecule has 16 heavy (non-hydrogen) atoms. The van der Waals surface area contributed by atoms with Crippen molar-refractivity contribution >= 4 is 29.0 Å². The van der Waals surface area contributed by atoms with E-state index in [1.165, 1.54) is 11.5 Å². The van der Waals surface area contributed by atoms with E-state index in [2.05, 4.69) is 14.5 Å². The predicted octanol–water partition coefficient (Wildman–Crippen LogP) is 0.856. The molecule has 1 amide bonds. The lowest BCUT2D eigenvalue weighted by molar-refractivity contribution is -0.130. The molecule has 2 heterocycles. The summed E-state index contributed by atoms with van der Waals surface area (Å²) in [5.41, 5.74) is 0.768. The third-order valence-electron chi connectivity index (χ3n) is 2.64. The van der Waals surface area contributed by atoms with E-state index in [0.717, 1.165) is 25.2 Å². The van der Waals surface area contributed by atoms with Crippen LogP contribution in [0.5, 0.6) is 0 Å². The standard InChI is InChI=1S/C9H13ClN4OS/c1-13-3-2-4-14(6-8(13)15)5-7-9(10)16-12-11-7/h2-6H2,1H3. The van der Waals surface area contributed by atoms with Gasteiger partial charge in [0.15, 0.2) is 0 Å². The average Bonchev–Trinajstić information content (AvgIpc) is 2.56. The van der Waals surface area contributed by atoms with Crippen LogP contribution in [0.1, 0.15) is 12.1 Å². The first-order chi connectivity index (χ1) is 7.66. The summed E-state index contributed by atoms with van der Waals surface area (Å²) in [6.45, 7) is 2.75. The van der Waals surface area contributed by atoms with Crippen molar-refractivity contribution in [2.24, 2.45) is 0 Å². The predicted molar refractivity (Wildman–Crippen MR) is 62.5 cm³/mol. The summed E-state index contributed by atoms with van der Waals surface area (Å²) in [7, 11) is 1.84. The van der Waals surface area contributed by atoms with E-state index < -0.39 is 0 Å². The zero-order valence-electron chi connectivity index (χ0n) is 9.02. The number of hydrogen-bond acceptors (Lipinski definition) is 5. The van der Waals surface area contributed by atoms with Crippen LogP contribution in [0.25, 0.3) is 0 Å². The molecular formula is C9H13ClN4OS. The molecule has 0 saturated carbocycles. The number of nitrogens with zero attached hydrogens (tertiary/aromatic N) is 4. The van der Waals surface area contributed by atoms with Crippen LogP contribution in [-0.4, -0.2) is 52.0 Å². The van der Waals surface area contributed by atoms with E-state index in [1.54, 1.807) is 4.90 Å². The third-order valence-corrected chi connectivity index (χ3v) is 3.62. The maximum absolute atomic E-state index is 11.7. The Bertz CT molecular complexity index is 383. The normalized spacial score (nSPS) is 18.9. The van der Waals surface area contributed by atoms with Crippen molar-refractivity contribution in [3.63, 3.8) is 0 Å². The fraction of sp³-hybridized carbons (Fsp3) is 0.667. The molecule has 0 unspecified atom stereocenters. The number of rotatable bonds is 2. The monoisotopic (exact) mass is 260 g/mol. The Morgan fingerprint density at radius 1 is 1.50 bits per heavy atom. The number of likely N-dealkylation sites (N-methyl/N-ethyl adjacent to an activating group) is 1. The van der Waals surface area contributed by atoms with Crippen LogP contribution < -0.4 is 0 Å². The fourth-order valence-corrected chi connectivity index (χ4v) is 2.30. The Morgan fingerprint density at radius 3 is 3.00 bits per heavy atom. The second kappa shape index (κ2) is 5.07. The molecule has 0 spiro atoms. The first-order valence-corrected chi connectivity index (χ1v) is 6.25. The second-order valence-electron chi connectivity index (χ2n) is 3.87. The molecule has 0 N–H and O–H groups in total. The van der Waals surface area contributed by atoms with Gasteiger partial charge in [-0.1, -0.05) is 16.1 Å². The summed E-state index contributed by atoms with van der Waals surface area (Å²) in [6, 6.07) is 0. The van der Waals surface area contributed by atoms with Crippen LogP contribution in [0.4, 0.5) is 0 Å². The summed E-state index contributed by atoms with van der Waals surface area (Å²) in [4.78, 5) is 15.5. The molecule has 1 fully saturated rings. The van der Waals surface area contributed by atoms with E-state index >= 15 is 0 Å². The molecule has 0 aromatic carbocycles. The summed E-state index contributed by atoms with van der Waals surface area (Å²) in [5.74, 6) is 0.150. The van der Waals surface area contributed by atoms with Gasteiger partial charge in [-0.3, -0.25) is 9.69 Å². The maximum atomic E-state index is 11.7. The largest absolute Gasteiger partial charge is 0.345 e. The lowest BCUT2D eigenvalue weighted by Gasteiger charge is -2.17. The smallest absolute Gasteiger partial charge is 0.236 e. The van der Waals surface area contributed by atoms with Gasteiger partial charge in [0.25, 0.3) is 0 Å². The number of carbonyl (C=O) groups excluding carboxylic acids is 1. The minimum atomic E-state index is 0.150. The first-order valence-electron chi connectivity index (χ1n) is 5.10. The third kappa shape index (κ3) is 2.69. The molecule has 0 radical (unpaired) electrons. The Kier molecular flexibility index (Phi) is 3.73. The van der Waals surface area contributed by atoms with E-state index in [4.69, 9.17) is 11.6 Å². The van der Waals surface area contributed by atoms with Crippen LogP contribution in [0.15, 0.2) is 0 Å². The lowest BCUT2D eigenvalue weighted by Crippen LogP contribution is -2.34. The number of carbonyl (C=O) groups is 1. The topological polar surface area (TPSA) is 49.3 Å². The van der Waals surface area contributed by atoms with Crippen molar-refractivity contribution in [2.45, 2.75) is 13.0 Å². The van der Waals surface area contributed by atoms with Crippen LogP contribution in [0.2, 0.25) is 4.34 Å². The summed E-state index contributed by atoms with van der Waals surface area (Å²) >= 11 is 7.12. The SMILES string of the molecule is CN1CCCN(Cc2nnsc2Cl)CC1=O. The van der Waals surface area contributed by atoms with Crippen molar-refractivity contribution in [1.82, 2.24) is 19.4 Å². The zero-order valence-corrected chi connectivity index (χ0v) is 10.6. The van der Waals surface area contributed by atoms with Gasteiger partial charge in [-0.05, 0) is 6.42 Å². The second-order valence-corrected chi connectivity index (χ2v) is 5.23. The summed E-state index contributed by atoms with van der Waals surface area (Å²) < 4.78 is 4.40. The van der Waals surface area contributed by atoms with E-state index in [-0.39, 0.29) is 5.91 Å². The van der Waals surface area contributed by atoms with Gasteiger partial charge in [-0.25, -0.2) is 0 Å². The number of hydrogen-bond donors (Lipinski definition) is 0. The van der Waals surface area contributed by atoms with E-state index in [9.17, 15) is 4.79 Å². The molecule has 1 saturated heterocycles. The maximum Gasteiger partial charge on any atom is 0.236 e. The van der Waals surface area contributed by atoms with Gasteiger partial charge in [0.05, 0.1) is 6.54 Å². The van der Waals surface area contributed by atoms with Crippen molar-refractivity contribution < 1.29 is 4.79 Å². The van der Waals surface area contributed by atoms with Crippen LogP contribution >= 0.6 is 23.1 Å². The molecular weight excluding hydrogens is 248 g/mol. The highest BCUT2D eigenvalue weighted by Gasteiger charge is 2.20. The molecule has 5 nitrogen and oxygen atoms in total. The molecule has 1 aromatic heterocycles. The Morgan fingerprint density at radius 2 is 2.31 bits per heavy atom. The van der Waals surface area contributed by atoms with Gasteiger partial charge in [0.1, 0.15) is 10.0 Å². The van der Waals surface area contributed by atoms with Crippen molar-refractivity contribution in [3.8, 4) is 0 Å². The molecule has 0 aliphatic carbocycles. The Labute approximate surface area is 103 Å². The van der Waals surface area contributed by atoms with Crippen molar-refractivity contribution in [3.05, 3.63) is 10.0 Å². The molecule has 0 bridgehead atoms. The van der Waals surface area contributed by atoms with E-state index in [1.807, 2.05) is 7.05 Å². The number of aromatic nitrogens is 2. The minimum absolute atomic E-state index is 0.150. The fourth-order valence-electron chi connectivity index (χ4n) is 1.69. The van der Waals surface area contributed by atoms with Gasteiger partial charge in [0.2, 0.25) is 5.91 Å². The Hall–Kier alpha value is -0.720. The van der Waals surface area contributed by atoms with Gasteiger partial charge < -0.3 is 4.90 Å². The molecule has 1 aromatic rings. The zero-order chi connectivity index (χ0) is 11.5. The highest BCUT2D eigenvalue weighted by molar-refractivity contribution is 7.10. The van der Waals surface area contributed by atoms with Gasteiger partial charge in [0, 0.05) is 38.2 Å². The number of amides is 1. The molecule has 7 heteroatoms. The van der Waals surface area contributed by atoms with Gasteiger partial charge in [-0.2, -0.15) is 0 Å². The van der Waals surface area contributed by atoms with Gasteiger partial charge in [-0.15, -0.1) is 5.10 Å². The molecule has 88 valence electrons. The molecule has 0 atom stereocenters. The highest BCUT2D eigenvalue weighted by Crippen LogP contribution is 2.19. The van der Waals surface area contributed by atoms with Crippen LogP contribution in [-0.2, 0) is 11.3 Å². The van der Waals surface area contributed by atoms with Crippen molar-refractivity contribution in [1.29, 1.82) is 0 Å². The average molecular weight is 261 g/mol. The Balaban J connectivity index is 2.00. The molecule has 1 aliphatic rings. The molecule has 2 rings (SSSR count). The lowest BCUT2D eigenvalue weighted by atomic mass is 10.3.